The number of para-hydroxylation sites is 1. The maximum Gasteiger partial charge on any atom is 0.325 e. The van der Waals surface area contributed by atoms with Crippen LogP contribution in [0, 0.1) is 0 Å². The second-order valence-corrected chi connectivity index (χ2v) is 4.23. The number of nitrogens with zero attached hydrogens (tertiary/aromatic N) is 1. The van der Waals surface area contributed by atoms with Gasteiger partial charge in [0.05, 0.1) is 11.2 Å². The number of rotatable bonds is 3. The van der Waals surface area contributed by atoms with Crippen LogP contribution in [0.4, 0.5) is 0 Å². The summed E-state index contributed by atoms with van der Waals surface area (Å²) in [4.78, 5) is 11.4. The molecule has 0 aliphatic carbocycles. The fourth-order valence-electron chi connectivity index (χ4n) is 1.67. The van der Waals surface area contributed by atoms with Gasteiger partial charge in [-0.1, -0.05) is 18.2 Å². The Hall–Kier alpha value is -1.29. The normalized spacial score (nSPS) is 10.6. The molecule has 0 saturated carbocycles. The lowest BCUT2D eigenvalue weighted by atomic mass is 10.2. The van der Waals surface area contributed by atoms with Gasteiger partial charge in [0.1, 0.15) is 6.54 Å². The van der Waals surface area contributed by atoms with Crippen molar-refractivity contribution in [2.24, 2.45) is 0 Å². The number of carbonyl (C=O) groups is 1. The average Bonchev–Trinajstić information content (AvgIpc) is 2.56. The van der Waals surface area contributed by atoms with E-state index in [1.807, 2.05) is 34.9 Å². The Bertz CT molecular complexity index is 519. The van der Waals surface area contributed by atoms with Crippen molar-refractivity contribution in [3.8, 4) is 0 Å². The molecule has 4 heteroatoms. The van der Waals surface area contributed by atoms with Crippen LogP contribution in [-0.2, 0) is 16.1 Å². The molecule has 1 aromatic carbocycles. The number of esters is 1. The number of carbonyl (C=O) groups excluding carboxylic acids is 1. The highest BCUT2D eigenvalue weighted by molar-refractivity contribution is 9.10. The highest BCUT2D eigenvalue weighted by atomic mass is 79.9. The van der Waals surface area contributed by atoms with E-state index in [1.54, 1.807) is 6.92 Å². The number of fused-ring (bicyclic) bond motifs is 1. The SMILES string of the molecule is CCOC(=O)Cn1c(Br)cc2ccccc21. The molecular weight excluding hydrogens is 270 g/mol. The molecule has 1 aromatic heterocycles. The van der Waals surface area contributed by atoms with E-state index < -0.39 is 0 Å². The smallest absolute Gasteiger partial charge is 0.325 e. The highest BCUT2D eigenvalue weighted by Crippen LogP contribution is 2.23. The Morgan fingerprint density at radius 1 is 1.44 bits per heavy atom. The number of hydrogen-bond donors (Lipinski definition) is 0. The predicted octanol–water partition coefficient (Wildman–Crippen LogP) is 2.97. The summed E-state index contributed by atoms with van der Waals surface area (Å²) in [7, 11) is 0. The van der Waals surface area contributed by atoms with Crippen molar-refractivity contribution >= 4 is 32.8 Å². The van der Waals surface area contributed by atoms with Crippen LogP contribution in [0.1, 0.15) is 6.92 Å². The van der Waals surface area contributed by atoms with Gasteiger partial charge in [-0.3, -0.25) is 4.79 Å². The Kier molecular flexibility index (Phi) is 3.29. The Labute approximate surface area is 102 Å². The van der Waals surface area contributed by atoms with Gasteiger partial charge in [-0.15, -0.1) is 0 Å². The number of aromatic nitrogens is 1. The lowest BCUT2D eigenvalue weighted by Gasteiger charge is -2.06. The van der Waals surface area contributed by atoms with E-state index in [0.717, 1.165) is 15.5 Å². The molecular formula is C12H12BrNO2. The fourth-order valence-corrected chi connectivity index (χ4v) is 2.24. The van der Waals surface area contributed by atoms with Crippen LogP contribution < -0.4 is 0 Å². The van der Waals surface area contributed by atoms with Crippen LogP contribution in [0.2, 0.25) is 0 Å². The van der Waals surface area contributed by atoms with Crippen LogP contribution in [-0.4, -0.2) is 17.1 Å². The Balaban J connectivity index is 2.36. The molecule has 0 atom stereocenters. The molecule has 0 amide bonds. The summed E-state index contributed by atoms with van der Waals surface area (Å²) in [5.74, 6) is -0.218. The largest absolute Gasteiger partial charge is 0.465 e. The van der Waals surface area contributed by atoms with Crippen molar-refractivity contribution < 1.29 is 9.53 Å². The molecule has 0 aliphatic rings. The van der Waals surface area contributed by atoms with E-state index >= 15 is 0 Å². The van der Waals surface area contributed by atoms with Gasteiger partial charge in [-0.05, 0) is 35.0 Å². The first kappa shape index (κ1) is 11.2. The van der Waals surface area contributed by atoms with Gasteiger partial charge < -0.3 is 9.30 Å². The lowest BCUT2D eigenvalue weighted by molar-refractivity contribution is -0.143. The molecule has 0 unspecified atom stereocenters. The standard InChI is InChI=1S/C12H12BrNO2/c1-2-16-12(15)8-14-10-6-4-3-5-9(10)7-11(14)13/h3-7H,2,8H2,1H3. The van der Waals surface area contributed by atoms with Crippen molar-refractivity contribution in [2.75, 3.05) is 6.61 Å². The first-order chi connectivity index (χ1) is 7.72. The van der Waals surface area contributed by atoms with Crippen molar-refractivity contribution in [2.45, 2.75) is 13.5 Å². The first-order valence-electron chi connectivity index (χ1n) is 5.11. The Morgan fingerprint density at radius 3 is 2.94 bits per heavy atom. The zero-order valence-electron chi connectivity index (χ0n) is 8.94. The van der Waals surface area contributed by atoms with Crippen LogP contribution in [0.15, 0.2) is 34.9 Å². The monoisotopic (exact) mass is 281 g/mol. The molecule has 0 saturated heterocycles. The fraction of sp³-hybridized carbons (Fsp3) is 0.250. The van der Waals surface area contributed by atoms with E-state index in [9.17, 15) is 4.79 Å². The summed E-state index contributed by atoms with van der Waals surface area (Å²) >= 11 is 3.44. The molecule has 2 rings (SSSR count). The van der Waals surface area contributed by atoms with Gasteiger partial charge in [0.25, 0.3) is 0 Å². The molecule has 3 nitrogen and oxygen atoms in total. The summed E-state index contributed by atoms with van der Waals surface area (Å²) in [6, 6.07) is 9.93. The molecule has 0 bridgehead atoms. The van der Waals surface area contributed by atoms with E-state index in [-0.39, 0.29) is 12.5 Å². The van der Waals surface area contributed by atoms with Crippen molar-refractivity contribution in [3.05, 3.63) is 34.9 Å². The zero-order chi connectivity index (χ0) is 11.5. The molecule has 84 valence electrons. The van der Waals surface area contributed by atoms with Crippen molar-refractivity contribution in [1.29, 1.82) is 0 Å². The second kappa shape index (κ2) is 4.70. The molecule has 0 aliphatic heterocycles. The minimum atomic E-state index is -0.218. The summed E-state index contributed by atoms with van der Waals surface area (Å²) < 4.78 is 7.73. The minimum Gasteiger partial charge on any atom is -0.465 e. The third-order valence-corrected chi connectivity index (χ3v) is 3.01. The van der Waals surface area contributed by atoms with Gasteiger partial charge in [0.15, 0.2) is 0 Å². The van der Waals surface area contributed by atoms with Crippen LogP contribution in [0.25, 0.3) is 10.9 Å². The molecule has 0 fully saturated rings. The zero-order valence-corrected chi connectivity index (χ0v) is 10.5. The van der Waals surface area contributed by atoms with E-state index in [1.165, 1.54) is 0 Å². The molecule has 16 heavy (non-hydrogen) atoms. The van der Waals surface area contributed by atoms with Gasteiger partial charge in [0.2, 0.25) is 0 Å². The second-order valence-electron chi connectivity index (χ2n) is 3.42. The van der Waals surface area contributed by atoms with Crippen LogP contribution in [0.3, 0.4) is 0 Å². The number of benzene rings is 1. The first-order valence-corrected chi connectivity index (χ1v) is 5.91. The molecule has 2 aromatic rings. The molecule has 0 spiro atoms. The third-order valence-electron chi connectivity index (χ3n) is 2.35. The van der Waals surface area contributed by atoms with Crippen LogP contribution >= 0.6 is 15.9 Å². The van der Waals surface area contributed by atoms with Gasteiger partial charge >= 0.3 is 5.97 Å². The summed E-state index contributed by atoms with van der Waals surface area (Å²) in [5, 5.41) is 1.11. The Morgan fingerprint density at radius 2 is 2.19 bits per heavy atom. The maximum atomic E-state index is 11.4. The van der Waals surface area contributed by atoms with E-state index in [0.29, 0.717) is 6.61 Å². The summed E-state index contributed by atoms with van der Waals surface area (Å²) in [6.07, 6.45) is 0. The van der Waals surface area contributed by atoms with Gasteiger partial charge in [0, 0.05) is 10.9 Å². The van der Waals surface area contributed by atoms with E-state index in [2.05, 4.69) is 15.9 Å². The third kappa shape index (κ3) is 2.11. The van der Waals surface area contributed by atoms with E-state index in [4.69, 9.17) is 4.74 Å². The predicted molar refractivity (Wildman–Crippen MR) is 66.3 cm³/mol. The number of halogens is 1. The molecule has 1 heterocycles. The van der Waals surface area contributed by atoms with Crippen molar-refractivity contribution in [3.63, 3.8) is 0 Å². The van der Waals surface area contributed by atoms with Crippen molar-refractivity contribution in [1.82, 2.24) is 4.57 Å². The highest BCUT2D eigenvalue weighted by Gasteiger charge is 2.10. The maximum absolute atomic E-state index is 11.4. The van der Waals surface area contributed by atoms with Gasteiger partial charge in [-0.25, -0.2) is 0 Å². The topological polar surface area (TPSA) is 31.2 Å². The number of hydrogen-bond acceptors (Lipinski definition) is 2. The summed E-state index contributed by atoms with van der Waals surface area (Å²) in [5.41, 5.74) is 1.03. The van der Waals surface area contributed by atoms with Crippen LogP contribution in [0.5, 0.6) is 0 Å². The van der Waals surface area contributed by atoms with Gasteiger partial charge in [-0.2, -0.15) is 0 Å². The average molecular weight is 282 g/mol. The summed E-state index contributed by atoms with van der Waals surface area (Å²) in [6.45, 7) is 2.46. The lowest BCUT2D eigenvalue weighted by Crippen LogP contribution is -2.13. The number of ether oxygens (including phenoxy) is 1. The molecule has 0 N–H and O–H groups in total. The minimum absolute atomic E-state index is 0.218. The quantitative estimate of drug-likeness (QED) is 0.810. The molecule has 0 radical (unpaired) electrons.